The zero-order valence-electron chi connectivity index (χ0n) is 15.0. The van der Waals surface area contributed by atoms with Crippen molar-refractivity contribution in [1.29, 1.82) is 0 Å². The molecule has 0 spiro atoms. The maximum atomic E-state index is 6.00. The zero-order chi connectivity index (χ0) is 17.7. The molecule has 3 heterocycles. The molecule has 0 aliphatic rings. The molecule has 25 heavy (non-hydrogen) atoms. The highest BCUT2D eigenvalue weighted by Crippen LogP contribution is 2.26. The van der Waals surface area contributed by atoms with Crippen molar-refractivity contribution in [1.82, 2.24) is 19.5 Å². The molecule has 0 aromatic carbocycles. The Labute approximate surface area is 149 Å². The summed E-state index contributed by atoms with van der Waals surface area (Å²) in [5.74, 6) is 0.861. The maximum Gasteiger partial charge on any atom is 0.143 e. The van der Waals surface area contributed by atoms with E-state index >= 15 is 0 Å². The van der Waals surface area contributed by atoms with Gasteiger partial charge in [0.1, 0.15) is 12.6 Å². The van der Waals surface area contributed by atoms with E-state index in [4.69, 9.17) is 4.74 Å². The van der Waals surface area contributed by atoms with Crippen LogP contribution in [0.15, 0.2) is 55.2 Å². The largest absolute Gasteiger partial charge is 0.361 e. The van der Waals surface area contributed by atoms with Gasteiger partial charge in [-0.25, -0.2) is 4.98 Å². The number of imidazole rings is 1. The van der Waals surface area contributed by atoms with Crippen LogP contribution in [-0.2, 0) is 11.5 Å². The molecule has 0 amide bonds. The quantitative estimate of drug-likeness (QED) is 0.469. The molecular formula is C19H24N4OSi. The first kappa shape index (κ1) is 17.5. The molecule has 3 aromatic rings. The van der Waals surface area contributed by atoms with Crippen LogP contribution >= 0.6 is 0 Å². The van der Waals surface area contributed by atoms with Crippen molar-refractivity contribution in [2.75, 3.05) is 6.61 Å². The molecule has 3 aromatic heterocycles. The number of pyridine rings is 2. The Balaban J connectivity index is 1.88. The van der Waals surface area contributed by atoms with Gasteiger partial charge in [0.15, 0.2) is 0 Å². The molecule has 0 aliphatic heterocycles. The molecule has 0 N–H and O–H groups in total. The van der Waals surface area contributed by atoms with E-state index in [-0.39, 0.29) is 0 Å². The molecule has 5 nitrogen and oxygen atoms in total. The SMILES string of the molecule is C[Si](C)(C)CCOCn1c(-c2cccnc2)cnc1-c1cccnc1. The minimum Gasteiger partial charge on any atom is -0.361 e. The Hall–Kier alpha value is -2.31. The van der Waals surface area contributed by atoms with Crippen molar-refractivity contribution >= 4 is 8.07 Å². The molecule has 0 saturated carbocycles. The summed E-state index contributed by atoms with van der Waals surface area (Å²) in [6, 6.07) is 9.05. The molecule has 0 atom stereocenters. The second kappa shape index (κ2) is 7.71. The smallest absolute Gasteiger partial charge is 0.143 e. The van der Waals surface area contributed by atoms with Crippen LogP contribution in [0, 0.1) is 0 Å². The Morgan fingerprint density at radius 2 is 1.64 bits per heavy atom. The Kier molecular flexibility index (Phi) is 5.40. The van der Waals surface area contributed by atoms with E-state index in [0.29, 0.717) is 6.73 Å². The van der Waals surface area contributed by atoms with Gasteiger partial charge in [-0.2, -0.15) is 0 Å². The summed E-state index contributed by atoms with van der Waals surface area (Å²) in [6.45, 7) is 8.31. The lowest BCUT2D eigenvalue weighted by molar-refractivity contribution is 0.0893. The van der Waals surface area contributed by atoms with Gasteiger partial charge >= 0.3 is 0 Å². The van der Waals surface area contributed by atoms with Crippen LogP contribution in [0.25, 0.3) is 22.6 Å². The molecule has 3 rings (SSSR count). The van der Waals surface area contributed by atoms with E-state index < -0.39 is 8.07 Å². The fraction of sp³-hybridized carbons (Fsp3) is 0.316. The first-order valence-electron chi connectivity index (χ1n) is 8.49. The molecule has 0 unspecified atom stereocenters. The van der Waals surface area contributed by atoms with Crippen LogP contribution < -0.4 is 0 Å². The van der Waals surface area contributed by atoms with Crippen molar-refractivity contribution in [3.05, 3.63) is 55.2 Å². The number of hydrogen-bond acceptors (Lipinski definition) is 4. The van der Waals surface area contributed by atoms with Gasteiger partial charge in [0.2, 0.25) is 0 Å². The molecule has 0 saturated heterocycles. The van der Waals surface area contributed by atoms with Gasteiger partial charge in [-0.3, -0.25) is 14.5 Å². The Morgan fingerprint density at radius 1 is 0.960 bits per heavy atom. The van der Waals surface area contributed by atoms with Crippen molar-refractivity contribution < 1.29 is 4.74 Å². The van der Waals surface area contributed by atoms with Gasteiger partial charge in [0.25, 0.3) is 0 Å². The predicted octanol–water partition coefficient (Wildman–Crippen LogP) is 4.32. The minimum atomic E-state index is -1.10. The molecule has 130 valence electrons. The average Bonchev–Trinajstić information content (AvgIpc) is 3.03. The van der Waals surface area contributed by atoms with Crippen molar-refractivity contribution in [2.24, 2.45) is 0 Å². The minimum absolute atomic E-state index is 0.471. The second-order valence-corrected chi connectivity index (χ2v) is 12.8. The Bertz CT molecular complexity index is 740. The van der Waals surface area contributed by atoms with Crippen LogP contribution in [-0.4, -0.2) is 34.2 Å². The normalized spacial score (nSPS) is 11.6. The average molecular weight is 353 g/mol. The van der Waals surface area contributed by atoms with Crippen LogP contribution in [0.2, 0.25) is 25.7 Å². The van der Waals surface area contributed by atoms with Crippen LogP contribution in [0.4, 0.5) is 0 Å². The number of nitrogens with zero attached hydrogens (tertiary/aromatic N) is 4. The van der Waals surface area contributed by atoms with Gasteiger partial charge in [0.05, 0.1) is 11.9 Å². The maximum absolute atomic E-state index is 6.00. The number of aromatic nitrogens is 4. The van der Waals surface area contributed by atoms with E-state index in [1.807, 2.05) is 42.9 Å². The summed E-state index contributed by atoms with van der Waals surface area (Å²) in [5.41, 5.74) is 3.00. The molecule has 0 bridgehead atoms. The van der Waals surface area contributed by atoms with Crippen molar-refractivity contribution in [2.45, 2.75) is 32.4 Å². The van der Waals surface area contributed by atoms with Gasteiger partial charge in [-0.1, -0.05) is 19.6 Å². The fourth-order valence-electron chi connectivity index (χ4n) is 2.51. The van der Waals surface area contributed by atoms with Crippen LogP contribution in [0.5, 0.6) is 0 Å². The summed E-state index contributed by atoms with van der Waals surface area (Å²) >= 11 is 0. The van der Waals surface area contributed by atoms with Gasteiger partial charge < -0.3 is 4.74 Å². The summed E-state index contributed by atoms with van der Waals surface area (Å²) < 4.78 is 8.09. The first-order valence-corrected chi connectivity index (χ1v) is 12.2. The lowest BCUT2D eigenvalue weighted by Crippen LogP contribution is -2.22. The lowest BCUT2D eigenvalue weighted by atomic mass is 10.2. The molecular weight excluding hydrogens is 328 g/mol. The second-order valence-electron chi connectivity index (χ2n) is 7.23. The number of ether oxygens (including phenoxy) is 1. The van der Waals surface area contributed by atoms with Gasteiger partial charge in [-0.05, 0) is 30.3 Å². The summed E-state index contributed by atoms with van der Waals surface area (Å²) in [7, 11) is -1.10. The number of rotatable bonds is 7. The van der Waals surface area contributed by atoms with E-state index in [9.17, 15) is 0 Å². The highest BCUT2D eigenvalue weighted by atomic mass is 28.3. The third-order valence-corrected chi connectivity index (χ3v) is 5.65. The highest BCUT2D eigenvalue weighted by molar-refractivity contribution is 6.76. The fourth-order valence-corrected chi connectivity index (χ4v) is 3.27. The van der Waals surface area contributed by atoms with Crippen molar-refractivity contribution in [3.8, 4) is 22.6 Å². The standard InChI is InChI=1S/C19H24N4OSi/c1-25(2,3)11-10-24-15-23-18(16-6-4-8-20-12-16)14-22-19(23)17-7-5-9-21-13-17/h4-9,12-14H,10-11,15H2,1-3H3. The monoisotopic (exact) mass is 352 g/mol. The molecule has 0 fully saturated rings. The van der Waals surface area contributed by atoms with Gasteiger partial charge in [0, 0.05) is 50.6 Å². The van der Waals surface area contributed by atoms with E-state index in [1.54, 1.807) is 12.4 Å². The third-order valence-electron chi connectivity index (χ3n) is 3.95. The van der Waals surface area contributed by atoms with Crippen LogP contribution in [0.3, 0.4) is 0 Å². The summed E-state index contributed by atoms with van der Waals surface area (Å²) in [6.07, 6.45) is 9.09. The predicted molar refractivity (Wildman–Crippen MR) is 103 cm³/mol. The van der Waals surface area contributed by atoms with E-state index in [0.717, 1.165) is 35.3 Å². The first-order chi connectivity index (χ1) is 12.0. The lowest BCUT2D eigenvalue weighted by Gasteiger charge is -2.17. The topological polar surface area (TPSA) is 52.8 Å². The zero-order valence-corrected chi connectivity index (χ0v) is 16.0. The molecule has 0 radical (unpaired) electrons. The number of hydrogen-bond donors (Lipinski definition) is 0. The highest BCUT2D eigenvalue weighted by Gasteiger charge is 2.15. The van der Waals surface area contributed by atoms with Crippen LogP contribution in [0.1, 0.15) is 0 Å². The van der Waals surface area contributed by atoms with Gasteiger partial charge in [-0.15, -0.1) is 0 Å². The third kappa shape index (κ3) is 4.61. The summed E-state index contributed by atoms with van der Waals surface area (Å²) in [4.78, 5) is 13.1. The Morgan fingerprint density at radius 3 is 2.24 bits per heavy atom. The summed E-state index contributed by atoms with van der Waals surface area (Å²) in [5, 5.41) is 0. The van der Waals surface area contributed by atoms with E-state index in [1.165, 1.54) is 0 Å². The van der Waals surface area contributed by atoms with E-state index in [2.05, 4.69) is 39.2 Å². The molecule has 0 aliphatic carbocycles. The molecule has 6 heteroatoms. The van der Waals surface area contributed by atoms with Crippen molar-refractivity contribution in [3.63, 3.8) is 0 Å².